The average Bonchev–Trinajstić information content (AvgIpc) is 2.92. The molecule has 0 saturated heterocycles. The minimum atomic E-state index is 0. The zero-order chi connectivity index (χ0) is 18.2. The predicted molar refractivity (Wildman–Crippen MR) is 119 cm³/mol. The molecule has 0 amide bonds. The Morgan fingerprint density at radius 1 is 1.23 bits per heavy atom. The Morgan fingerprint density at radius 2 is 2.00 bits per heavy atom. The van der Waals surface area contributed by atoms with Crippen molar-refractivity contribution in [3.63, 3.8) is 0 Å². The highest BCUT2D eigenvalue weighted by Crippen LogP contribution is 2.15. The molecule has 1 unspecified atom stereocenters. The SMILES string of the molecule is CN=C(NCCCc1c(C)noc1C)NCC(C)c1cccc(C)c1.I. The Balaban J connectivity index is 0.00000338. The number of nitrogens with zero attached hydrogens (tertiary/aromatic N) is 2. The molecular formula is C20H31IN4O. The normalized spacial score (nSPS) is 12.4. The standard InChI is InChI=1S/C20H30N4O.HI/c1-14-8-6-9-18(12-14)15(2)13-23-20(21-5)22-11-7-10-19-16(3)24-25-17(19)4;/h6,8-9,12,15H,7,10-11,13H2,1-5H3,(H2,21,22,23);1H. The minimum absolute atomic E-state index is 0. The van der Waals surface area contributed by atoms with Crippen molar-refractivity contribution in [3.8, 4) is 0 Å². The first-order valence-corrected chi connectivity index (χ1v) is 8.94. The lowest BCUT2D eigenvalue weighted by molar-refractivity contribution is 0.392. The fraction of sp³-hybridized carbons (Fsp3) is 0.500. The van der Waals surface area contributed by atoms with Crippen LogP contribution in [-0.4, -0.2) is 31.3 Å². The van der Waals surface area contributed by atoms with Crippen molar-refractivity contribution < 1.29 is 4.52 Å². The first-order valence-electron chi connectivity index (χ1n) is 8.94. The van der Waals surface area contributed by atoms with Crippen LogP contribution in [0.25, 0.3) is 0 Å². The Morgan fingerprint density at radius 3 is 2.62 bits per heavy atom. The second-order valence-corrected chi connectivity index (χ2v) is 6.60. The van der Waals surface area contributed by atoms with Gasteiger partial charge in [0, 0.05) is 25.7 Å². The zero-order valence-corrected chi connectivity index (χ0v) is 18.8. The Hall–Kier alpha value is -1.57. The summed E-state index contributed by atoms with van der Waals surface area (Å²) in [6, 6.07) is 8.66. The third kappa shape index (κ3) is 6.63. The monoisotopic (exact) mass is 470 g/mol. The topological polar surface area (TPSA) is 62.5 Å². The van der Waals surface area contributed by atoms with Crippen LogP contribution in [0.2, 0.25) is 0 Å². The molecule has 26 heavy (non-hydrogen) atoms. The van der Waals surface area contributed by atoms with Crippen molar-refractivity contribution >= 4 is 29.9 Å². The second-order valence-electron chi connectivity index (χ2n) is 6.60. The highest BCUT2D eigenvalue weighted by atomic mass is 127. The number of aliphatic imine (C=N–C) groups is 1. The van der Waals surface area contributed by atoms with E-state index in [1.54, 1.807) is 7.05 Å². The number of aryl methyl sites for hydroxylation is 3. The van der Waals surface area contributed by atoms with Crippen LogP contribution in [0.1, 0.15) is 47.4 Å². The van der Waals surface area contributed by atoms with Gasteiger partial charge in [0.2, 0.25) is 0 Å². The molecular weight excluding hydrogens is 439 g/mol. The Labute approximate surface area is 174 Å². The van der Waals surface area contributed by atoms with Gasteiger partial charge in [0.25, 0.3) is 0 Å². The van der Waals surface area contributed by atoms with Gasteiger partial charge in [0.15, 0.2) is 5.96 Å². The number of hydrogen-bond donors (Lipinski definition) is 2. The third-order valence-corrected chi connectivity index (χ3v) is 4.49. The molecule has 0 radical (unpaired) electrons. The number of nitrogens with one attached hydrogen (secondary N) is 2. The van der Waals surface area contributed by atoms with Gasteiger partial charge >= 0.3 is 0 Å². The highest BCUT2D eigenvalue weighted by molar-refractivity contribution is 14.0. The Bertz CT molecular complexity index is 692. The maximum atomic E-state index is 5.20. The van der Waals surface area contributed by atoms with E-state index in [0.29, 0.717) is 5.92 Å². The molecule has 1 atom stereocenters. The molecule has 0 aliphatic rings. The van der Waals surface area contributed by atoms with Crippen LogP contribution in [0.5, 0.6) is 0 Å². The fourth-order valence-corrected chi connectivity index (χ4v) is 2.90. The van der Waals surface area contributed by atoms with E-state index in [4.69, 9.17) is 4.52 Å². The maximum Gasteiger partial charge on any atom is 0.190 e. The molecule has 1 aromatic carbocycles. The van der Waals surface area contributed by atoms with Crippen LogP contribution in [0.4, 0.5) is 0 Å². The van der Waals surface area contributed by atoms with E-state index in [1.165, 1.54) is 16.7 Å². The summed E-state index contributed by atoms with van der Waals surface area (Å²) in [5, 5.41) is 10.8. The number of halogens is 1. The average molecular weight is 470 g/mol. The van der Waals surface area contributed by atoms with Gasteiger partial charge in [-0.05, 0) is 45.1 Å². The Kier molecular flexibility index (Phi) is 9.69. The van der Waals surface area contributed by atoms with Crippen molar-refractivity contribution in [1.82, 2.24) is 15.8 Å². The van der Waals surface area contributed by atoms with Crippen molar-refractivity contribution in [1.29, 1.82) is 0 Å². The van der Waals surface area contributed by atoms with Gasteiger partial charge in [0.05, 0.1) is 5.69 Å². The molecule has 0 fully saturated rings. The summed E-state index contributed by atoms with van der Waals surface area (Å²) in [7, 11) is 1.81. The van der Waals surface area contributed by atoms with Crippen LogP contribution >= 0.6 is 24.0 Å². The molecule has 0 aliphatic carbocycles. The van der Waals surface area contributed by atoms with Gasteiger partial charge in [-0.15, -0.1) is 24.0 Å². The van der Waals surface area contributed by atoms with E-state index >= 15 is 0 Å². The van der Waals surface area contributed by atoms with E-state index in [9.17, 15) is 0 Å². The number of aromatic nitrogens is 1. The summed E-state index contributed by atoms with van der Waals surface area (Å²) in [6.07, 6.45) is 1.97. The van der Waals surface area contributed by atoms with Gasteiger partial charge in [0.1, 0.15) is 5.76 Å². The molecule has 1 heterocycles. The van der Waals surface area contributed by atoms with Gasteiger partial charge < -0.3 is 15.2 Å². The van der Waals surface area contributed by atoms with E-state index in [0.717, 1.165) is 43.3 Å². The van der Waals surface area contributed by atoms with Crippen LogP contribution in [0, 0.1) is 20.8 Å². The summed E-state index contributed by atoms with van der Waals surface area (Å²) in [4.78, 5) is 4.30. The smallest absolute Gasteiger partial charge is 0.190 e. The van der Waals surface area contributed by atoms with Gasteiger partial charge in [-0.1, -0.05) is 41.9 Å². The molecule has 1 aromatic heterocycles. The van der Waals surface area contributed by atoms with Crippen LogP contribution < -0.4 is 10.6 Å². The molecule has 0 bridgehead atoms. The molecule has 2 rings (SSSR count). The van der Waals surface area contributed by atoms with E-state index in [1.807, 2.05) is 13.8 Å². The molecule has 2 aromatic rings. The summed E-state index contributed by atoms with van der Waals surface area (Å²) in [5.74, 6) is 2.20. The van der Waals surface area contributed by atoms with Crippen molar-refractivity contribution in [3.05, 3.63) is 52.4 Å². The molecule has 0 aliphatic heterocycles. The van der Waals surface area contributed by atoms with Gasteiger partial charge in [-0.3, -0.25) is 4.99 Å². The van der Waals surface area contributed by atoms with Crippen molar-refractivity contribution in [2.45, 2.75) is 46.5 Å². The maximum absolute atomic E-state index is 5.20. The third-order valence-electron chi connectivity index (χ3n) is 4.49. The van der Waals surface area contributed by atoms with Gasteiger partial charge in [-0.2, -0.15) is 0 Å². The molecule has 0 spiro atoms. The summed E-state index contributed by atoms with van der Waals surface area (Å²) in [6.45, 7) is 10.0. The quantitative estimate of drug-likeness (QED) is 0.277. The number of guanidine groups is 1. The molecule has 5 nitrogen and oxygen atoms in total. The summed E-state index contributed by atoms with van der Waals surface area (Å²) in [5.41, 5.74) is 4.86. The second kappa shape index (κ2) is 11.2. The number of benzene rings is 1. The lowest BCUT2D eigenvalue weighted by Gasteiger charge is -2.16. The van der Waals surface area contributed by atoms with Crippen molar-refractivity contribution in [2.24, 2.45) is 4.99 Å². The van der Waals surface area contributed by atoms with E-state index in [-0.39, 0.29) is 24.0 Å². The molecule has 0 saturated carbocycles. The van der Waals surface area contributed by atoms with Crippen LogP contribution in [0.3, 0.4) is 0 Å². The molecule has 144 valence electrons. The first-order chi connectivity index (χ1) is 12.0. The fourth-order valence-electron chi connectivity index (χ4n) is 2.90. The van der Waals surface area contributed by atoms with Crippen LogP contribution in [-0.2, 0) is 6.42 Å². The molecule has 2 N–H and O–H groups in total. The van der Waals surface area contributed by atoms with E-state index in [2.05, 4.69) is 58.9 Å². The highest BCUT2D eigenvalue weighted by Gasteiger charge is 2.09. The lowest BCUT2D eigenvalue weighted by atomic mass is 9.99. The largest absolute Gasteiger partial charge is 0.361 e. The minimum Gasteiger partial charge on any atom is -0.361 e. The lowest BCUT2D eigenvalue weighted by Crippen LogP contribution is -2.39. The van der Waals surface area contributed by atoms with E-state index < -0.39 is 0 Å². The number of hydrogen-bond acceptors (Lipinski definition) is 3. The summed E-state index contributed by atoms with van der Waals surface area (Å²) >= 11 is 0. The van der Waals surface area contributed by atoms with Crippen LogP contribution in [0.15, 0.2) is 33.8 Å². The molecule has 6 heteroatoms. The predicted octanol–water partition coefficient (Wildman–Crippen LogP) is 4.12. The van der Waals surface area contributed by atoms with Gasteiger partial charge in [-0.25, -0.2) is 0 Å². The zero-order valence-electron chi connectivity index (χ0n) is 16.4. The van der Waals surface area contributed by atoms with Crippen molar-refractivity contribution in [2.75, 3.05) is 20.1 Å². The summed E-state index contributed by atoms with van der Waals surface area (Å²) < 4.78 is 5.20. The first kappa shape index (κ1) is 22.5. The number of rotatable bonds is 7.